The largest absolute Gasteiger partial charge is 0.416 e. The fourth-order valence-electron chi connectivity index (χ4n) is 4.29. The van der Waals surface area contributed by atoms with Crippen molar-refractivity contribution in [3.63, 3.8) is 0 Å². The first-order valence-corrected chi connectivity index (χ1v) is 13.5. The molecule has 1 aliphatic heterocycles. The SMILES string of the molecule is Cc1cc(Nc2nc(Sc3ccc(NC(=O)CN4C[C@H](OC(C)(C)C(F)(F)F)[C@@H](O)C4)cc3)nn3cccc23)n[nH]1. The van der Waals surface area contributed by atoms with Crippen molar-refractivity contribution in [2.45, 2.75) is 54.8 Å². The van der Waals surface area contributed by atoms with Gasteiger partial charge in [-0.15, -0.1) is 5.10 Å². The third-order valence-corrected chi connectivity index (χ3v) is 7.34. The van der Waals surface area contributed by atoms with Crippen molar-refractivity contribution in [1.82, 2.24) is 29.7 Å². The number of nitrogens with one attached hydrogen (secondary N) is 3. The number of aromatic nitrogens is 5. The van der Waals surface area contributed by atoms with Crippen LogP contribution in [0.3, 0.4) is 0 Å². The van der Waals surface area contributed by atoms with Crippen LogP contribution in [0.2, 0.25) is 0 Å². The number of likely N-dealkylation sites (tertiary alicyclic amines) is 1. The predicted octanol–water partition coefficient (Wildman–Crippen LogP) is 4.00. The second-order valence-electron chi connectivity index (χ2n) is 10.2. The fraction of sp³-hybridized carbons (Fsp3) is 0.385. The van der Waals surface area contributed by atoms with E-state index in [1.165, 1.54) is 11.8 Å². The second-order valence-corrected chi connectivity index (χ2v) is 11.3. The molecule has 1 saturated heterocycles. The van der Waals surface area contributed by atoms with E-state index in [1.54, 1.807) is 21.5 Å². The number of aromatic amines is 1. The van der Waals surface area contributed by atoms with Gasteiger partial charge in [-0.05, 0) is 68.9 Å². The van der Waals surface area contributed by atoms with E-state index in [2.05, 4.69) is 30.9 Å². The van der Waals surface area contributed by atoms with Crippen LogP contribution in [0.15, 0.2) is 58.7 Å². The number of anilines is 3. The third-order valence-electron chi connectivity index (χ3n) is 6.48. The fourth-order valence-corrected chi connectivity index (χ4v) is 5.04. The van der Waals surface area contributed by atoms with Crippen molar-refractivity contribution in [2.24, 2.45) is 0 Å². The molecule has 11 nitrogen and oxygen atoms in total. The minimum Gasteiger partial charge on any atom is -0.389 e. The van der Waals surface area contributed by atoms with Crippen molar-refractivity contribution in [3.8, 4) is 0 Å². The van der Waals surface area contributed by atoms with Gasteiger partial charge >= 0.3 is 6.18 Å². The van der Waals surface area contributed by atoms with Crippen LogP contribution in [-0.2, 0) is 9.53 Å². The van der Waals surface area contributed by atoms with Gasteiger partial charge in [0.2, 0.25) is 11.1 Å². The number of amides is 1. The van der Waals surface area contributed by atoms with Gasteiger partial charge in [0.15, 0.2) is 17.2 Å². The number of alkyl halides is 3. The minimum atomic E-state index is -4.58. The summed E-state index contributed by atoms with van der Waals surface area (Å²) in [6, 6.07) is 12.7. The van der Waals surface area contributed by atoms with Crippen LogP contribution in [0.25, 0.3) is 5.52 Å². The maximum atomic E-state index is 13.2. The van der Waals surface area contributed by atoms with E-state index in [0.717, 1.165) is 30.0 Å². The summed E-state index contributed by atoms with van der Waals surface area (Å²) in [6.07, 6.45) is -4.94. The first-order chi connectivity index (χ1) is 19.4. The van der Waals surface area contributed by atoms with E-state index in [4.69, 9.17) is 4.74 Å². The third kappa shape index (κ3) is 6.81. The number of β-amino-alcohol motifs (C(OH)–C–C–N with tert-alkyl or cyclic N) is 1. The van der Waals surface area contributed by atoms with Crippen molar-refractivity contribution in [3.05, 3.63) is 54.4 Å². The Balaban J connectivity index is 1.17. The molecule has 0 spiro atoms. The average molecular weight is 591 g/mol. The quantitative estimate of drug-likeness (QED) is 0.228. The number of aliphatic hydroxyl groups excluding tert-OH is 1. The first-order valence-electron chi connectivity index (χ1n) is 12.7. The normalized spacial score (nSPS) is 18.2. The number of hydrogen-bond acceptors (Lipinski definition) is 9. The Morgan fingerprint density at radius 2 is 1.98 bits per heavy atom. The van der Waals surface area contributed by atoms with Crippen LogP contribution in [0.5, 0.6) is 0 Å². The van der Waals surface area contributed by atoms with Gasteiger partial charge in [0.05, 0.1) is 18.8 Å². The molecule has 4 heterocycles. The van der Waals surface area contributed by atoms with Gasteiger partial charge in [0.1, 0.15) is 5.52 Å². The lowest BCUT2D eigenvalue weighted by Gasteiger charge is -2.32. The van der Waals surface area contributed by atoms with Gasteiger partial charge in [-0.25, -0.2) is 9.50 Å². The molecule has 0 unspecified atom stereocenters. The zero-order chi connectivity index (χ0) is 29.4. The number of fused-ring (bicyclic) bond motifs is 1. The number of nitrogens with zero attached hydrogens (tertiary/aromatic N) is 5. The second kappa shape index (κ2) is 11.3. The summed E-state index contributed by atoms with van der Waals surface area (Å²) in [6.45, 7) is 3.67. The Hall–Kier alpha value is -3.66. The summed E-state index contributed by atoms with van der Waals surface area (Å²) >= 11 is 1.34. The average Bonchev–Trinajstić information content (AvgIpc) is 3.60. The molecule has 1 fully saturated rings. The molecule has 3 aromatic heterocycles. The van der Waals surface area contributed by atoms with Crippen LogP contribution in [0.1, 0.15) is 19.5 Å². The van der Waals surface area contributed by atoms with E-state index < -0.39 is 24.0 Å². The number of aliphatic hydroxyl groups is 1. The molecule has 0 radical (unpaired) electrons. The highest BCUT2D eigenvalue weighted by Gasteiger charge is 2.51. The highest BCUT2D eigenvalue weighted by atomic mass is 32.2. The topological polar surface area (TPSA) is 133 Å². The van der Waals surface area contributed by atoms with Crippen molar-refractivity contribution >= 4 is 40.5 Å². The summed E-state index contributed by atoms with van der Waals surface area (Å²) in [4.78, 5) is 19.6. The molecule has 0 aliphatic carbocycles. The predicted molar refractivity (Wildman–Crippen MR) is 146 cm³/mol. The summed E-state index contributed by atoms with van der Waals surface area (Å²) < 4.78 is 46.4. The smallest absolute Gasteiger partial charge is 0.389 e. The molecule has 15 heteroatoms. The number of carbonyl (C=O) groups excluding carboxylic acids is 1. The number of benzene rings is 1. The molecule has 0 saturated carbocycles. The number of halogens is 3. The molecule has 1 aliphatic rings. The molecule has 4 N–H and O–H groups in total. The molecule has 1 amide bonds. The van der Waals surface area contributed by atoms with Gasteiger partial charge in [-0.1, -0.05) is 0 Å². The first kappa shape index (κ1) is 28.9. The van der Waals surface area contributed by atoms with Gasteiger partial charge in [-0.3, -0.25) is 14.8 Å². The van der Waals surface area contributed by atoms with Crippen molar-refractivity contribution < 1.29 is 27.8 Å². The number of ether oxygens (including phenoxy) is 1. The minimum absolute atomic E-state index is 0.00596. The Labute approximate surface area is 237 Å². The molecule has 2 atom stereocenters. The molecule has 0 bridgehead atoms. The highest BCUT2D eigenvalue weighted by Crippen LogP contribution is 2.35. The van der Waals surface area contributed by atoms with E-state index in [9.17, 15) is 23.1 Å². The van der Waals surface area contributed by atoms with Crippen molar-refractivity contribution in [2.75, 3.05) is 30.3 Å². The summed E-state index contributed by atoms with van der Waals surface area (Å²) in [7, 11) is 0. The Kier molecular flexibility index (Phi) is 7.96. The number of aryl methyl sites for hydroxylation is 1. The molecule has 218 valence electrons. The van der Waals surface area contributed by atoms with E-state index in [1.807, 2.05) is 43.5 Å². The van der Waals surface area contributed by atoms with Crippen molar-refractivity contribution in [1.29, 1.82) is 0 Å². The van der Waals surface area contributed by atoms with E-state index in [-0.39, 0.29) is 25.5 Å². The number of carbonyl (C=O) groups is 1. The lowest BCUT2D eigenvalue weighted by molar-refractivity contribution is -0.280. The molecule has 1 aromatic carbocycles. The summed E-state index contributed by atoms with van der Waals surface area (Å²) in [5, 5.41) is 28.3. The molecule has 4 aromatic rings. The number of rotatable bonds is 9. The lowest BCUT2D eigenvalue weighted by atomic mass is 10.1. The zero-order valence-corrected chi connectivity index (χ0v) is 23.3. The van der Waals surface area contributed by atoms with Crippen LogP contribution in [0.4, 0.5) is 30.5 Å². The van der Waals surface area contributed by atoms with Crippen LogP contribution < -0.4 is 10.6 Å². The number of H-pyrrole nitrogens is 1. The molecule has 41 heavy (non-hydrogen) atoms. The van der Waals surface area contributed by atoms with Crippen LogP contribution in [0, 0.1) is 6.92 Å². The summed E-state index contributed by atoms with van der Waals surface area (Å²) in [5.74, 6) is 0.876. The maximum absolute atomic E-state index is 13.2. The van der Waals surface area contributed by atoms with E-state index in [0.29, 0.717) is 22.5 Å². The highest BCUT2D eigenvalue weighted by molar-refractivity contribution is 7.99. The Morgan fingerprint density at radius 3 is 2.66 bits per heavy atom. The van der Waals surface area contributed by atoms with Crippen LogP contribution >= 0.6 is 11.8 Å². The lowest BCUT2D eigenvalue weighted by Crippen LogP contribution is -2.47. The summed E-state index contributed by atoms with van der Waals surface area (Å²) in [5.41, 5.74) is -0.161. The van der Waals surface area contributed by atoms with Gasteiger partial charge < -0.3 is 20.5 Å². The van der Waals surface area contributed by atoms with E-state index >= 15 is 0 Å². The van der Waals surface area contributed by atoms with Gasteiger partial charge in [-0.2, -0.15) is 18.3 Å². The van der Waals surface area contributed by atoms with Gasteiger partial charge in [0, 0.05) is 41.6 Å². The monoisotopic (exact) mass is 590 g/mol. The molecular formula is C26H29F3N8O3S. The Morgan fingerprint density at radius 1 is 1.22 bits per heavy atom. The standard InChI is InChI=1S/C26H29F3N8O3S/c1-15-11-21(34-33-15)31-23-18-5-4-10-37(18)35-24(32-23)41-17-8-6-16(7-9-17)30-22(39)14-36-12-19(38)20(13-36)40-25(2,3)26(27,28)29/h4-11,19-20,38H,12-14H2,1-3H3,(H,30,39)(H2,31,32,33,34,35)/t19-,20-/m0/s1. The zero-order valence-electron chi connectivity index (χ0n) is 22.4. The van der Waals surface area contributed by atoms with Gasteiger partial charge in [0.25, 0.3) is 0 Å². The Bertz CT molecular complexity index is 1520. The molecule has 5 rings (SSSR count). The molecular weight excluding hydrogens is 561 g/mol. The number of hydrogen-bond donors (Lipinski definition) is 4. The maximum Gasteiger partial charge on any atom is 0.416 e. The van der Waals surface area contributed by atoms with Crippen LogP contribution in [-0.4, -0.2) is 84.3 Å².